The van der Waals surface area contributed by atoms with Gasteiger partial charge in [-0.3, -0.25) is 4.79 Å². The summed E-state index contributed by atoms with van der Waals surface area (Å²) in [6.45, 7) is 5.07. The number of amides is 1. The molecule has 22 heavy (non-hydrogen) atoms. The molecule has 6 heteroatoms. The molecule has 2 aliphatic rings. The molecule has 2 aliphatic heterocycles. The Kier molecular flexibility index (Phi) is 3.99. The summed E-state index contributed by atoms with van der Waals surface area (Å²) in [6.07, 6.45) is 4.11. The molecule has 0 radical (unpaired) electrons. The van der Waals surface area contributed by atoms with Crippen LogP contribution in [0.15, 0.2) is 6.33 Å². The molecule has 1 aromatic heterocycles. The highest BCUT2D eigenvalue weighted by Gasteiger charge is 2.46. The lowest BCUT2D eigenvalue weighted by molar-refractivity contribution is -0.0732. The number of carbonyl (C=O) groups excluding carboxylic acids is 1. The number of piperidine rings is 2. The third kappa shape index (κ3) is 2.54. The van der Waals surface area contributed by atoms with Crippen molar-refractivity contribution in [3.63, 3.8) is 0 Å². The molecule has 0 aromatic carbocycles. The molecule has 1 N–H and O–H groups in total. The number of likely N-dealkylation sites (tertiary alicyclic amines) is 2. The topological polar surface area (TPSA) is 61.6 Å². The maximum atomic E-state index is 12.9. The first kappa shape index (κ1) is 15.5. The Morgan fingerprint density at radius 1 is 1.36 bits per heavy atom. The van der Waals surface area contributed by atoms with Gasteiger partial charge in [-0.25, -0.2) is 4.98 Å². The molecular weight excluding hydrogens is 280 g/mol. The van der Waals surface area contributed by atoms with E-state index in [1.165, 1.54) is 0 Å². The fourth-order valence-corrected chi connectivity index (χ4v) is 4.11. The van der Waals surface area contributed by atoms with Gasteiger partial charge in [0.25, 0.3) is 5.91 Å². The number of carbonyl (C=O) groups is 1. The number of aryl methyl sites for hydroxylation is 2. The lowest BCUT2D eigenvalue weighted by Gasteiger charge is -2.50. The highest BCUT2D eigenvalue weighted by atomic mass is 16.3. The van der Waals surface area contributed by atoms with Gasteiger partial charge in [0, 0.05) is 38.6 Å². The summed E-state index contributed by atoms with van der Waals surface area (Å²) in [6, 6.07) is 0. The molecule has 1 spiro atoms. The van der Waals surface area contributed by atoms with Gasteiger partial charge in [0.1, 0.15) is 5.69 Å². The molecule has 2 atom stereocenters. The number of rotatable bonds is 1. The van der Waals surface area contributed by atoms with Gasteiger partial charge < -0.3 is 19.5 Å². The average molecular weight is 306 g/mol. The Bertz CT molecular complexity index is 551. The number of imidazole rings is 1. The third-order valence-corrected chi connectivity index (χ3v) is 5.29. The van der Waals surface area contributed by atoms with Crippen LogP contribution in [0.3, 0.4) is 0 Å². The van der Waals surface area contributed by atoms with Crippen LogP contribution in [0.1, 0.15) is 35.4 Å². The molecule has 0 saturated carbocycles. The lowest BCUT2D eigenvalue weighted by Crippen LogP contribution is -2.59. The number of aliphatic hydroxyl groups is 1. The van der Waals surface area contributed by atoms with Crippen LogP contribution < -0.4 is 0 Å². The minimum absolute atomic E-state index is 0.0389. The van der Waals surface area contributed by atoms with Crippen LogP contribution in [0.5, 0.6) is 0 Å². The van der Waals surface area contributed by atoms with E-state index in [2.05, 4.69) is 16.9 Å². The summed E-state index contributed by atoms with van der Waals surface area (Å²) in [5, 5.41) is 10.6. The fourth-order valence-electron chi connectivity index (χ4n) is 4.11. The number of aromatic nitrogens is 2. The smallest absolute Gasteiger partial charge is 0.272 e. The SMILES string of the molecule is Cc1ncn(C)c1C(=O)N1CCC[C@]2(CN(C)CC[C@@H]2O)C1. The summed E-state index contributed by atoms with van der Waals surface area (Å²) in [5.41, 5.74) is 1.26. The van der Waals surface area contributed by atoms with E-state index >= 15 is 0 Å². The van der Waals surface area contributed by atoms with Crippen molar-refractivity contribution in [2.24, 2.45) is 12.5 Å². The highest BCUT2D eigenvalue weighted by molar-refractivity contribution is 5.93. The molecule has 1 aromatic rings. The number of hydrogen-bond donors (Lipinski definition) is 1. The first-order valence-corrected chi connectivity index (χ1v) is 8.07. The van der Waals surface area contributed by atoms with Crippen LogP contribution in [-0.4, -0.2) is 69.7 Å². The van der Waals surface area contributed by atoms with Crippen LogP contribution in [0, 0.1) is 12.3 Å². The van der Waals surface area contributed by atoms with Crippen LogP contribution in [0.25, 0.3) is 0 Å². The van der Waals surface area contributed by atoms with Gasteiger partial charge in [-0.2, -0.15) is 0 Å². The van der Waals surface area contributed by atoms with E-state index in [-0.39, 0.29) is 17.4 Å². The van der Waals surface area contributed by atoms with Crippen molar-refractivity contribution < 1.29 is 9.90 Å². The Morgan fingerprint density at radius 2 is 2.14 bits per heavy atom. The van der Waals surface area contributed by atoms with Gasteiger partial charge in [-0.15, -0.1) is 0 Å². The number of hydrogen-bond acceptors (Lipinski definition) is 4. The lowest BCUT2D eigenvalue weighted by atomic mass is 9.71. The molecule has 1 amide bonds. The number of aliphatic hydroxyl groups excluding tert-OH is 1. The van der Waals surface area contributed by atoms with Crippen molar-refractivity contribution in [1.29, 1.82) is 0 Å². The van der Waals surface area contributed by atoms with E-state index in [1.807, 2.05) is 18.9 Å². The molecule has 0 unspecified atom stereocenters. The molecule has 0 bridgehead atoms. The zero-order chi connectivity index (χ0) is 15.9. The van der Waals surface area contributed by atoms with E-state index in [0.717, 1.165) is 44.6 Å². The first-order chi connectivity index (χ1) is 10.4. The molecule has 122 valence electrons. The normalized spacial score (nSPS) is 30.0. The van der Waals surface area contributed by atoms with E-state index in [0.29, 0.717) is 12.2 Å². The van der Waals surface area contributed by atoms with Crippen molar-refractivity contribution in [1.82, 2.24) is 19.4 Å². The molecule has 3 rings (SSSR count). The molecule has 6 nitrogen and oxygen atoms in total. The van der Waals surface area contributed by atoms with Gasteiger partial charge in [0.2, 0.25) is 0 Å². The molecule has 0 aliphatic carbocycles. The van der Waals surface area contributed by atoms with Gasteiger partial charge in [0.15, 0.2) is 0 Å². The Morgan fingerprint density at radius 3 is 2.82 bits per heavy atom. The predicted octanol–water partition coefficient (Wildman–Crippen LogP) is 0.647. The van der Waals surface area contributed by atoms with Crippen LogP contribution >= 0.6 is 0 Å². The van der Waals surface area contributed by atoms with Crippen LogP contribution in [0.4, 0.5) is 0 Å². The van der Waals surface area contributed by atoms with Gasteiger partial charge in [-0.05, 0) is 33.2 Å². The van der Waals surface area contributed by atoms with Crippen molar-refractivity contribution in [2.45, 2.75) is 32.3 Å². The largest absolute Gasteiger partial charge is 0.392 e. The third-order valence-electron chi connectivity index (χ3n) is 5.29. The van der Waals surface area contributed by atoms with Crippen LogP contribution in [0.2, 0.25) is 0 Å². The average Bonchev–Trinajstić information content (AvgIpc) is 2.82. The summed E-state index contributed by atoms with van der Waals surface area (Å²) in [4.78, 5) is 21.3. The Balaban J connectivity index is 1.82. The fraction of sp³-hybridized carbons (Fsp3) is 0.750. The molecule has 2 fully saturated rings. The molecular formula is C16H26N4O2. The number of nitrogens with zero attached hydrogens (tertiary/aromatic N) is 4. The van der Waals surface area contributed by atoms with Gasteiger partial charge in [-0.1, -0.05) is 0 Å². The molecule has 3 heterocycles. The second-order valence-corrected chi connectivity index (χ2v) is 7.02. The quantitative estimate of drug-likeness (QED) is 0.827. The second kappa shape index (κ2) is 5.66. The maximum absolute atomic E-state index is 12.9. The summed E-state index contributed by atoms with van der Waals surface area (Å²) < 4.78 is 1.79. The standard InChI is InChI=1S/C16H26N4O2/c1-12-14(19(3)11-17-12)15(22)20-7-4-6-16(10-20)9-18(2)8-5-13(16)21/h11,13,21H,4-10H2,1-3H3/t13-,16-/m0/s1. The zero-order valence-corrected chi connectivity index (χ0v) is 13.7. The maximum Gasteiger partial charge on any atom is 0.272 e. The summed E-state index contributed by atoms with van der Waals surface area (Å²) in [5.74, 6) is 0.0389. The van der Waals surface area contributed by atoms with Crippen molar-refractivity contribution in [3.05, 3.63) is 17.7 Å². The predicted molar refractivity (Wildman–Crippen MR) is 83.6 cm³/mol. The van der Waals surface area contributed by atoms with E-state index in [4.69, 9.17) is 0 Å². The van der Waals surface area contributed by atoms with E-state index < -0.39 is 0 Å². The second-order valence-electron chi connectivity index (χ2n) is 7.02. The van der Waals surface area contributed by atoms with E-state index in [9.17, 15) is 9.90 Å². The van der Waals surface area contributed by atoms with Crippen molar-refractivity contribution in [3.8, 4) is 0 Å². The zero-order valence-electron chi connectivity index (χ0n) is 13.7. The van der Waals surface area contributed by atoms with Crippen molar-refractivity contribution >= 4 is 5.91 Å². The van der Waals surface area contributed by atoms with Gasteiger partial charge >= 0.3 is 0 Å². The highest BCUT2D eigenvalue weighted by Crippen LogP contribution is 2.38. The minimum Gasteiger partial charge on any atom is -0.392 e. The monoisotopic (exact) mass is 306 g/mol. The van der Waals surface area contributed by atoms with Crippen molar-refractivity contribution in [2.75, 3.05) is 33.2 Å². The Hall–Kier alpha value is -1.40. The first-order valence-electron chi connectivity index (χ1n) is 8.07. The minimum atomic E-state index is -0.313. The van der Waals surface area contributed by atoms with Gasteiger partial charge in [0.05, 0.1) is 18.1 Å². The van der Waals surface area contributed by atoms with E-state index in [1.54, 1.807) is 10.9 Å². The van der Waals surface area contributed by atoms with Crippen LogP contribution in [-0.2, 0) is 7.05 Å². The summed E-state index contributed by atoms with van der Waals surface area (Å²) >= 11 is 0. The molecule has 2 saturated heterocycles. The summed E-state index contributed by atoms with van der Waals surface area (Å²) in [7, 11) is 3.95. The Labute approximate surface area is 131 Å².